The van der Waals surface area contributed by atoms with Gasteiger partial charge in [-0.1, -0.05) is 59.0 Å². The van der Waals surface area contributed by atoms with Crippen LogP contribution >= 0.6 is 11.8 Å². The summed E-state index contributed by atoms with van der Waals surface area (Å²) in [5, 5.41) is 6.97. The van der Waals surface area contributed by atoms with Crippen LogP contribution in [-0.4, -0.2) is 39.9 Å². The average molecular weight is 575 g/mol. The van der Waals surface area contributed by atoms with Crippen molar-refractivity contribution in [2.24, 2.45) is 5.10 Å². The lowest BCUT2D eigenvalue weighted by Gasteiger charge is -2.39. The number of nitrogens with zero attached hydrogens (tertiary/aromatic N) is 5. The molecule has 2 unspecified atom stereocenters. The zero-order valence-electron chi connectivity index (χ0n) is 22.5. The number of hydrogen-bond acceptors (Lipinski definition) is 4. The van der Waals surface area contributed by atoms with E-state index in [4.69, 9.17) is 5.10 Å². The lowest BCUT2D eigenvalue weighted by atomic mass is 10.1. The maximum absolute atomic E-state index is 12.5. The predicted octanol–water partition coefficient (Wildman–Crippen LogP) is 7.52. The van der Waals surface area contributed by atoms with Crippen LogP contribution in [0.1, 0.15) is 23.1 Å². The Kier molecular flexibility index (Phi) is 7.01. The molecule has 0 spiro atoms. The Balaban J connectivity index is 1.34. The molecule has 5 aromatic rings. The summed E-state index contributed by atoms with van der Waals surface area (Å²) >= 11 is 1.53. The van der Waals surface area contributed by atoms with Crippen LogP contribution in [0.5, 0.6) is 5.75 Å². The van der Waals surface area contributed by atoms with Crippen molar-refractivity contribution < 1.29 is 17.9 Å². The van der Waals surface area contributed by atoms with Crippen LogP contribution in [0.2, 0.25) is 0 Å². The number of fused-ring (bicyclic) bond motifs is 3. The average Bonchev–Trinajstić information content (AvgIpc) is 3.37. The first-order chi connectivity index (χ1) is 19.6. The van der Waals surface area contributed by atoms with E-state index < -0.39 is 11.9 Å². The summed E-state index contributed by atoms with van der Waals surface area (Å²) in [6, 6.07) is 21.8. The normalized spacial score (nSPS) is 19.8. The van der Waals surface area contributed by atoms with Gasteiger partial charge in [0.1, 0.15) is 18.6 Å². The number of aryl methyl sites for hydroxylation is 2. The van der Waals surface area contributed by atoms with Crippen LogP contribution in [0.3, 0.4) is 0 Å². The number of quaternary nitrogens is 1. The molecule has 0 saturated carbocycles. The van der Waals surface area contributed by atoms with Crippen molar-refractivity contribution in [1.82, 2.24) is 19.9 Å². The van der Waals surface area contributed by atoms with Crippen molar-refractivity contribution in [3.63, 3.8) is 0 Å². The molecule has 208 valence electrons. The Morgan fingerprint density at radius 2 is 1.80 bits per heavy atom. The number of aromatic nitrogens is 2. The Labute approximate surface area is 239 Å². The third-order valence-corrected chi connectivity index (χ3v) is 8.59. The van der Waals surface area contributed by atoms with Gasteiger partial charge >= 0.3 is 6.36 Å². The molecule has 6 rings (SSSR count). The van der Waals surface area contributed by atoms with Crippen molar-refractivity contribution in [3.05, 3.63) is 95.8 Å². The summed E-state index contributed by atoms with van der Waals surface area (Å²) in [6.07, 6.45) is -0.288. The number of alkyl halides is 3. The molecule has 0 bridgehead atoms. The molecule has 1 aromatic heterocycles. The third-order valence-electron chi connectivity index (χ3n) is 7.42. The molecule has 2 heterocycles. The minimum atomic E-state index is -4.74. The van der Waals surface area contributed by atoms with Gasteiger partial charge in [0.15, 0.2) is 5.69 Å². The molecule has 41 heavy (non-hydrogen) atoms. The fourth-order valence-corrected chi connectivity index (χ4v) is 6.65. The van der Waals surface area contributed by atoms with Crippen molar-refractivity contribution in [3.8, 4) is 11.4 Å². The molecule has 1 aliphatic heterocycles. The van der Waals surface area contributed by atoms with Gasteiger partial charge in [0, 0.05) is 34.4 Å². The van der Waals surface area contributed by atoms with Crippen molar-refractivity contribution in [2.75, 3.05) is 12.3 Å². The monoisotopic (exact) mass is 574 g/mol. The maximum Gasteiger partial charge on any atom is 0.573 e. The smallest absolute Gasteiger partial charge is 0.406 e. The molecule has 1 saturated heterocycles. The quantitative estimate of drug-likeness (QED) is 0.161. The van der Waals surface area contributed by atoms with Crippen LogP contribution in [0, 0.1) is 13.8 Å². The number of para-hydroxylation sites is 1. The number of rotatable bonds is 5. The Morgan fingerprint density at radius 3 is 2.51 bits per heavy atom. The van der Waals surface area contributed by atoms with Crippen molar-refractivity contribution in [1.29, 1.82) is 0 Å². The predicted molar refractivity (Wildman–Crippen MR) is 158 cm³/mol. The van der Waals surface area contributed by atoms with E-state index in [1.165, 1.54) is 23.9 Å². The molecule has 0 N–H and O–H groups in total. The molecule has 1 fully saturated rings. The van der Waals surface area contributed by atoms with Gasteiger partial charge < -0.3 is 4.74 Å². The summed E-state index contributed by atoms with van der Waals surface area (Å²) in [7, 11) is 0. The van der Waals surface area contributed by atoms with Gasteiger partial charge in [-0.05, 0) is 61.2 Å². The molecule has 2 radical (unpaired) electrons. The highest BCUT2D eigenvalue weighted by Crippen LogP contribution is 2.40. The fraction of sp³-hybridized carbons (Fsp3) is 0.226. The van der Waals surface area contributed by atoms with Gasteiger partial charge in [-0.2, -0.15) is 0 Å². The van der Waals surface area contributed by atoms with Crippen LogP contribution in [0.25, 0.3) is 27.5 Å². The van der Waals surface area contributed by atoms with Gasteiger partial charge in [-0.25, -0.2) is 4.98 Å². The van der Waals surface area contributed by atoms with E-state index in [2.05, 4.69) is 35.7 Å². The first-order valence-electron chi connectivity index (χ1n) is 13.2. The largest absolute Gasteiger partial charge is 0.573 e. The number of hydrogen-bond donors (Lipinski definition) is 0. The number of thioether (sulfide) groups is 1. The first kappa shape index (κ1) is 27.3. The van der Waals surface area contributed by atoms with Gasteiger partial charge in [0.05, 0.1) is 17.2 Å². The third kappa shape index (κ3) is 5.18. The van der Waals surface area contributed by atoms with Crippen molar-refractivity contribution in [2.45, 2.75) is 32.1 Å². The van der Waals surface area contributed by atoms with Gasteiger partial charge in [-0.3, -0.25) is 4.57 Å². The van der Waals surface area contributed by atoms with E-state index in [1.807, 2.05) is 47.2 Å². The number of imidazole rings is 1. The van der Waals surface area contributed by atoms with E-state index in [-0.39, 0.29) is 10.3 Å². The van der Waals surface area contributed by atoms with Gasteiger partial charge in [0.25, 0.3) is 5.50 Å². The molecule has 6 nitrogen and oxygen atoms in total. The highest BCUT2D eigenvalue weighted by atomic mass is 32.2. The number of benzene rings is 4. The number of ether oxygens (including phenoxy) is 1. The molecule has 0 amide bonds. The van der Waals surface area contributed by atoms with E-state index >= 15 is 0 Å². The minimum absolute atomic E-state index is 0.136. The highest BCUT2D eigenvalue weighted by Gasteiger charge is 2.44. The lowest BCUT2D eigenvalue weighted by Crippen LogP contribution is -2.55. The van der Waals surface area contributed by atoms with Crippen LogP contribution < -0.4 is 15.1 Å². The summed E-state index contributed by atoms with van der Waals surface area (Å²) < 4.78 is 43.5. The zero-order valence-corrected chi connectivity index (χ0v) is 23.3. The summed E-state index contributed by atoms with van der Waals surface area (Å²) in [5.74, 6) is 0.619. The molecule has 4 aromatic carbocycles. The van der Waals surface area contributed by atoms with Gasteiger partial charge in [0.2, 0.25) is 0 Å². The van der Waals surface area contributed by atoms with Crippen LogP contribution in [-0.2, 0) is 0 Å². The SMILES string of the molecule is Cc1cccc(C)c1[N+]1(/N=C/c2ccc3c(ccc4c3ncn4-c3ccc(OC(F)(F)F)cc3)c2)CCCSC1[N]. The number of halogens is 3. The summed E-state index contributed by atoms with van der Waals surface area (Å²) in [5.41, 5.74) is 16.9. The standard InChI is InChI=1S/C31H27F3N5OS/c1-20-5-3-6-21(2)29(20)39(15-4-16-41-30(39)35)37-18-22-7-13-26-23(17-22)8-14-27-28(26)36-19-38(27)24-9-11-25(12-10-24)40-31(32,33)34/h3,5-14,17-19,30H,4,15-16H2,1-2H3/q+1/b37-18+. The zero-order chi connectivity index (χ0) is 28.8. The lowest BCUT2D eigenvalue weighted by molar-refractivity contribution is -0.274. The van der Waals surface area contributed by atoms with E-state index in [1.54, 1.807) is 18.5 Å². The topological polar surface area (TPSA) is 61.7 Å². The first-order valence-corrected chi connectivity index (χ1v) is 14.3. The molecular formula is C31H27F3N5OS+. The fourth-order valence-electron chi connectivity index (χ4n) is 5.63. The van der Waals surface area contributed by atoms with E-state index in [9.17, 15) is 18.9 Å². The Hall–Kier alpha value is -3.86. The van der Waals surface area contributed by atoms with E-state index in [0.717, 1.165) is 56.4 Å². The second-order valence-corrected chi connectivity index (χ2v) is 11.3. The van der Waals surface area contributed by atoms with Gasteiger partial charge in [-0.15, -0.1) is 17.8 Å². The second kappa shape index (κ2) is 10.5. The van der Waals surface area contributed by atoms with Crippen LogP contribution in [0.15, 0.2) is 84.2 Å². The Morgan fingerprint density at radius 1 is 1.05 bits per heavy atom. The summed E-state index contributed by atoms with van der Waals surface area (Å²) in [4.78, 5) is 4.61. The second-order valence-electron chi connectivity index (χ2n) is 10.2. The molecule has 0 aliphatic carbocycles. The molecule has 1 aliphatic rings. The van der Waals surface area contributed by atoms with E-state index in [0.29, 0.717) is 12.2 Å². The Bertz CT molecular complexity index is 1750. The maximum atomic E-state index is 12.5. The molecule has 2 atom stereocenters. The minimum Gasteiger partial charge on any atom is -0.406 e. The summed E-state index contributed by atoms with van der Waals surface area (Å²) in [6.45, 7) is 4.84. The van der Waals surface area contributed by atoms with Crippen molar-refractivity contribution >= 4 is 45.5 Å². The molecule has 10 heteroatoms. The van der Waals surface area contributed by atoms with Crippen LogP contribution in [0.4, 0.5) is 18.9 Å². The highest BCUT2D eigenvalue weighted by molar-refractivity contribution is 7.99. The molecular weight excluding hydrogens is 547 g/mol.